The fourth-order valence-electron chi connectivity index (χ4n) is 2.60. The number of nitro groups is 1. The summed E-state index contributed by atoms with van der Waals surface area (Å²) in [6.45, 7) is -0.411. The normalized spacial score (nSPS) is 10.6. The van der Waals surface area contributed by atoms with Crippen LogP contribution in [0.3, 0.4) is 0 Å². The molecule has 3 aromatic rings. The second kappa shape index (κ2) is 10.8. The predicted octanol–water partition coefficient (Wildman–Crippen LogP) is 4.17. The molecule has 0 aliphatic heterocycles. The first kappa shape index (κ1) is 23.4. The lowest BCUT2D eigenvalue weighted by atomic mass is 10.2. The van der Waals surface area contributed by atoms with E-state index in [1.807, 2.05) is 0 Å². The van der Waals surface area contributed by atoms with Gasteiger partial charge in [0.25, 0.3) is 17.5 Å². The highest BCUT2D eigenvalue weighted by Gasteiger charge is 2.11. The quantitative estimate of drug-likeness (QED) is 0.290. The zero-order valence-electron chi connectivity index (χ0n) is 16.8. The molecule has 168 valence electrons. The van der Waals surface area contributed by atoms with Crippen molar-refractivity contribution in [2.75, 3.05) is 11.9 Å². The average molecular weight is 471 g/mol. The SMILES string of the molecule is O=C(COc1ccc(Cl)cc1/C=N/NC(=O)c1ccc([N+](=O)[O-])cc1)Nc1ccccc1F. The van der Waals surface area contributed by atoms with Crippen LogP contribution in [0.15, 0.2) is 71.8 Å². The van der Waals surface area contributed by atoms with Crippen LogP contribution in [0.1, 0.15) is 15.9 Å². The number of nitrogens with one attached hydrogen (secondary N) is 2. The van der Waals surface area contributed by atoms with Gasteiger partial charge < -0.3 is 10.1 Å². The third kappa shape index (κ3) is 6.58. The number of para-hydroxylation sites is 1. The Bertz CT molecular complexity index is 1220. The fraction of sp³-hybridized carbons (Fsp3) is 0.0455. The molecular formula is C22H16ClFN4O5. The molecule has 0 unspecified atom stereocenters. The number of hydrazone groups is 1. The maximum Gasteiger partial charge on any atom is 0.271 e. The van der Waals surface area contributed by atoms with Crippen LogP contribution in [-0.4, -0.2) is 29.6 Å². The molecule has 3 rings (SSSR count). The second-order valence-corrected chi connectivity index (χ2v) is 6.94. The number of rotatable bonds is 8. The number of non-ortho nitro benzene ring substituents is 1. The van der Waals surface area contributed by atoms with Crippen molar-refractivity contribution in [3.05, 3.63) is 98.8 Å². The maximum atomic E-state index is 13.7. The van der Waals surface area contributed by atoms with Gasteiger partial charge in [0.2, 0.25) is 0 Å². The number of ether oxygens (including phenoxy) is 1. The Kier molecular flexibility index (Phi) is 7.66. The van der Waals surface area contributed by atoms with Crippen molar-refractivity contribution in [2.45, 2.75) is 0 Å². The number of halogens is 2. The molecule has 3 aromatic carbocycles. The summed E-state index contributed by atoms with van der Waals surface area (Å²) in [7, 11) is 0. The van der Waals surface area contributed by atoms with Gasteiger partial charge in [-0.2, -0.15) is 5.10 Å². The van der Waals surface area contributed by atoms with E-state index in [-0.39, 0.29) is 22.7 Å². The minimum absolute atomic E-state index is 0.0259. The Morgan fingerprint density at radius 3 is 2.55 bits per heavy atom. The molecule has 0 saturated carbocycles. The van der Waals surface area contributed by atoms with E-state index < -0.39 is 29.2 Å². The Morgan fingerprint density at radius 1 is 1.12 bits per heavy atom. The maximum absolute atomic E-state index is 13.7. The molecule has 0 saturated heterocycles. The van der Waals surface area contributed by atoms with E-state index in [4.69, 9.17) is 16.3 Å². The van der Waals surface area contributed by atoms with Crippen LogP contribution < -0.4 is 15.5 Å². The summed E-state index contributed by atoms with van der Waals surface area (Å²) in [6.07, 6.45) is 1.26. The summed E-state index contributed by atoms with van der Waals surface area (Å²) in [5, 5.41) is 17.3. The number of carbonyl (C=O) groups excluding carboxylic acids is 2. The van der Waals surface area contributed by atoms with Crippen molar-refractivity contribution >= 4 is 41.0 Å². The molecule has 0 aromatic heterocycles. The van der Waals surface area contributed by atoms with Crippen LogP contribution in [0.5, 0.6) is 5.75 Å². The topological polar surface area (TPSA) is 123 Å². The molecule has 0 spiro atoms. The molecule has 33 heavy (non-hydrogen) atoms. The molecule has 0 heterocycles. The summed E-state index contributed by atoms with van der Waals surface area (Å²) in [4.78, 5) is 34.3. The molecule has 0 bridgehead atoms. The molecule has 0 aliphatic rings. The van der Waals surface area contributed by atoms with Crippen molar-refractivity contribution in [3.8, 4) is 5.75 Å². The molecule has 0 radical (unpaired) electrons. The largest absolute Gasteiger partial charge is 0.483 e. The standard InChI is InChI=1S/C22H16ClFN4O5/c23-16-7-10-20(33-13-21(29)26-19-4-2-1-3-18(19)24)15(11-16)12-25-27-22(30)14-5-8-17(9-6-14)28(31)32/h1-12H,13H2,(H,26,29)(H,27,30)/b25-12+. The minimum Gasteiger partial charge on any atom is -0.483 e. The van der Waals surface area contributed by atoms with Crippen molar-refractivity contribution in [3.63, 3.8) is 0 Å². The first-order valence-corrected chi connectivity index (χ1v) is 9.76. The van der Waals surface area contributed by atoms with Gasteiger partial charge in [0.05, 0.1) is 16.8 Å². The molecular weight excluding hydrogens is 455 g/mol. The molecule has 2 N–H and O–H groups in total. The highest BCUT2D eigenvalue weighted by molar-refractivity contribution is 6.30. The van der Waals surface area contributed by atoms with E-state index in [9.17, 15) is 24.1 Å². The number of hydrogen-bond donors (Lipinski definition) is 2. The van der Waals surface area contributed by atoms with Gasteiger partial charge in [0.1, 0.15) is 11.6 Å². The monoisotopic (exact) mass is 470 g/mol. The van der Waals surface area contributed by atoms with E-state index in [0.717, 1.165) is 0 Å². The highest BCUT2D eigenvalue weighted by Crippen LogP contribution is 2.22. The molecule has 9 nitrogen and oxygen atoms in total. The summed E-state index contributed by atoms with van der Waals surface area (Å²) in [6, 6.07) is 15.3. The number of nitro benzene ring substituents is 1. The number of nitrogens with zero attached hydrogens (tertiary/aromatic N) is 2. The van der Waals surface area contributed by atoms with Gasteiger partial charge in [-0.3, -0.25) is 19.7 Å². The van der Waals surface area contributed by atoms with Gasteiger partial charge in [0.15, 0.2) is 6.61 Å². The second-order valence-electron chi connectivity index (χ2n) is 6.50. The molecule has 2 amide bonds. The van der Waals surface area contributed by atoms with Gasteiger partial charge in [-0.15, -0.1) is 0 Å². The molecule has 0 fully saturated rings. The van der Waals surface area contributed by atoms with Gasteiger partial charge in [-0.1, -0.05) is 23.7 Å². The van der Waals surface area contributed by atoms with Gasteiger partial charge in [-0.05, 0) is 42.5 Å². The number of anilines is 1. The lowest BCUT2D eigenvalue weighted by Gasteiger charge is -2.10. The molecule has 0 aliphatic carbocycles. The van der Waals surface area contributed by atoms with Crippen LogP contribution in [0.2, 0.25) is 5.02 Å². The lowest BCUT2D eigenvalue weighted by Crippen LogP contribution is -2.21. The Balaban J connectivity index is 1.62. The van der Waals surface area contributed by atoms with Gasteiger partial charge in [-0.25, -0.2) is 9.82 Å². The van der Waals surface area contributed by atoms with Crippen LogP contribution >= 0.6 is 11.6 Å². The third-order valence-corrected chi connectivity index (χ3v) is 4.42. The number of amides is 2. The van der Waals surface area contributed by atoms with Crippen molar-refractivity contribution in [1.29, 1.82) is 0 Å². The van der Waals surface area contributed by atoms with Crippen LogP contribution in [0.25, 0.3) is 0 Å². The van der Waals surface area contributed by atoms with Crippen molar-refractivity contribution in [1.82, 2.24) is 5.43 Å². The first-order valence-electron chi connectivity index (χ1n) is 9.38. The summed E-state index contributed by atoms with van der Waals surface area (Å²) >= 11 is 6.00. The highest BCUT2D eigenvalue weighted by atomic mass is 35.5. The van der Waals surface area contributed by atoms with E-state index in [2.05, 4.69) is 15.8 Å². The van der Waals surface area contributed by atoms with Crippen LogP contribution in [-0.2, 0) is 4.79 Å². The van der Waals surface area contributed by atoms with Gasteiger partial charge in [0, 0.05) is 28.3 Å². The van der Waals surface area contributed by atoms with E-state index in [1.54, 1.807) is 12.1 Å². The van der Waals surface area contributed by atoms with Gasteiger partial charge >= 0.3 is 0 Å². The molecule has 0 atom stereocenters. The Morgan fingerprint density at radius 2 is 1.85 bits per heavy atom. The zero-order chi connectivity index (χ0) is 23.8. The van der Waals surface area contributed by atoms with Crippen molar-refractivity contribution < 1.29 is 23.6 Å². The summed E-state index contributed by atoms with van der Waals surface area (Å²) in [5.41, 5.74) is 2.71. The Hall–Kier alpha value is -4.31. The smallest absolute Gasteiger partial charge is 0.271 e. The lowest BCUT2D eigenvalue weighted by molar-refractivity contribution is -0.384. The van der Waals surface area contributed by atoms with Crippen LogP contribution in [0, 0.1) is 15.9 Å². The number of benzene rings is 3. The summed E-state index contributed by atoms with van der Waals surface area (Å²) in [5.74, 6) is -1.50. The zero-order valence-corrected chi connectivity index (χ0v) is 17.6. The molecule has 11 heteroatoms. The average Bonchev–Trinajstić information content (AvgIpc) is 2.80. The number of carbonyl (C=O) groups is 2. The van der Waals surface area contributed by atoms with Crippen molar-refractivity contribution in [2.24, 2.45) is 5.10 Å². The minimum atomic E-state index is -0.588. The van der Waals surface area contributed by atoms with E-state index >= 15 is 0 Å². The fourth-order valence-corrected chi connectivity index (χ4v) is 2.78. The van der Waals surface area contributed by atoms with Crippen LogP contribution in [0.4, 0.5) is 15.8 Å². The van der Waals surface area contributed by atoms with E-state index in [1.165, 1.54) is 60.8 Å². The third-order valence-electron chi connectivity index (χ3n) is 4.19. The predicted molar refractivity (Wildman–Crippen MR) is 120 cm³/mol. The first-order chi connectivity index (χ1) is 15.8. The number of hydrogen-bond acceptors (Lipinski definition) is 6. The Labute approximate surface area is 192 Å². The van der Waals surface area contributed by atoms with E-state index in [0.29, 0.717) is 10.6 Å². The summed E-state index contributed by atoms with van der Waals surface area (Å²) < 4.78 is 19.1.